The highest BCUT2D eigenvalue weighted by molar-refractivity contribution is 7.10. The maximum absolute atomic E-state index is 11.5. The van der Waals surface area contributed by atoms with Crippen LogP contribution in [0, 0.1) is 0 Å². The fourth-order valence-electron chi connectivity index (χ4n) is 1.68. The van der Waals surface area contributed by atoms with Crippen LogP contribution in [0.5, 0.6) is 5.75 Å². The summed E-state index contributed by atoms with van der Waals surface area (Å²) in [6.45, 7) is 0.979. The summed E-state index contributed by atoms with van der Waals surface area (Å²) in [7, 11) is 0. The van der Waals surface area contributed by atoms with Gasteiger partial charge in [-0.3, -0.25) is 0 Å². The third-order valence-electron chi connectivity index (χ3n) is 2.73. The van der Waals surface area contributed by atoms with Crippen LogP contribution < -0.4 is 15.4 Å². The standard InChI is InChI=1S/C15H18N2O3S/c18-13(14-7-4-10-21-14)11-17-15(19)16-8-9-20-12-5-2-1-3-6-12/h1-7,10,13,18H,8-9,11H2,(H2,16,17,19)/t13-/m1/s1. The molecule has 0 fully saturated rings. The molecule has 1 atom stereocenters. The van der Waals surface area contributed by atoms with Gasteiger partial charge in [0.1, 0.15) is 18.5 Å². The van der Waals surface area contributed by atoms with Crippen LogP contribution in [0.4, 0.5) is 4.79 Å². The third kappa shape index (κ3) is 5.45. The van der Waals surface area contributed by atoms with E-state index in [0.717, 1.165) is 10.6 Å². The summed E-state index contributed by atoms with van der Waals surface area (Å²) in [5.41, 5.74) is 0. The molecule has 1 heterocycles. The van der Waals surface area contributed by atoms with Gasteiger partial charge in [-0.2, -0.15) is 0 Å². The van der Waals surface area contributed by atoms with E-state index in [1.54, 1.807) is 0 Å². The van der Waals surface area contributed by atoms with Gasteiger partial charge in [0.15, 0.2) is 0 Å². The number of carbonyl (C=O) groups excluding carboxylic acids is 1. The summed E-state index contributed by atoms with van der Waals surface area (Å²) in [4.78, 5) is 12.4. The van der Waals surface area contributed by atoms with E-state index in [1.807, 2.05) is 47.8 Å². The fourth-order valence-corrected chi connectivity index (χ4v) is 2.40. The van der Waals surface area contributed by atoms with Gasteiger partial charge in [0.2, 0.25) is 0 Å². The highest BCUT2D eigenvalue weighted by Crippen LogP contribution is 2.17. The Kier molecular flexibility index (Phi) is 6.05. The molecule has 112 valence electrons. The number of aliphatic hydroxyl groups excluding tert-OH is 1. The van der Waals surface area contributed by atoms with Gasteiger partial charge in [0.25, 0.3) is 0 Å². The van der Waals surface area contributed by atoms with Crippen LogP contribution in [0.15, 0.2) is 47.8 Å². The van der Waals surface area contributed by atoms with Crippen molar-refractivity contribution in [1.29, 1.82) is 0 Å². The van der Waals surface area contributed by atoms with E-state index in [2.05, 4.69) is 10.6 Å². The molecular weight excluding hydrogens is 288 g/mol. The molecule has 0 spiro atoms. The Hall–Kier alpha value is -2.05. The topological polar surface area (TPSA) is 70.6 Å². The minimum Gasteiger partial charge on any atom is -0.492 e. The molecule has 0 aliphatic heterocycles. The first-order valence-electron chi connectivity index (χ1n) is 6.67. The molecule has 0 bridgehead atoms. The summed E-state index contributed by atoms with van der Waals surface area (Å²) in [6, 6.07) is 12.8. The van der Waals surface area contributed by atoms with E-state index < -0.39 is 6.10 Å². The summed E-state index contributed by atoms with van der Waals surface area (Å²) >= 11 is 1.46. The van der Waals surface area contributed by atoms with E-state index in [1.165, 1.54) is 11.3 Å². The SMILES string of the molecule is O=C(NCCOc1ccccc1)NC[C@@H](O)c1cccs1. The van der Waals surface area contributed by atoms with Gasteiger partial charge in [-0.05, 0) is 23.6 Å². The minimum atomic E-state index is -0.670. The second-order valence-electron chi connectivity index (χ2n) is 4.33. The van der Waals surface area contributed by atoms with E-state index in [0.29, 0.717) is 13.2 Å². The van der Waals surface area contributed by atoms with E-state index >= 15 is 0 Å². The normalized spacial score (nSPS) is 11.7. The van der Waals surface area contributed by atoms with Gasteiger partial charge in [-0.1, -0.05) is 24.3 Å². The first kappa shape index (κ1) is 15.3. The van der Waals surface area contributed by atoms with Gasteiger partial charge in [0.05, 0.1) is 13.1 Å². The molecule has 2 aromatic rings. The van der Waals surface area contributed by atoms with Crippen LogP contribution >= 0.6 is 11.3 Å². The molecule has 0 saturated heterocycles. The van der Waals surface area contributed by atoms with Crippen LogP contribution in [-0.4, -0.2) is 30.8 Å². The molecule has 0 unspecified atom stereocenters. The van der Waals surface area contributed by atoms with Crippen molar-refractivity contribution in [2.45, 2.75) is 6.10 Å². The minimum absolute atomic E-state index is 0.186. The number of hydrogen-bond acceptors (Lipinski definition) is 4. The molecule has 1 aromatic carbocycles. The summed E-state index contributed by atoms with van der Waals surface area (Å²) in [5.74, 6) is 0.771. The Labute approximate surface area is 127 Å². The predicted molar refractivity (Wildman–Crippen MR) is 82.6 cm³/mol. The van der Waals surface area contributed by atoms with Crippen LogP contribution in [0.2, 0.25) is 0 Å². The second kappa shape index (κ2) is 8.28. The lowest BCUT2D eigenvalue weighted by Gasteiger charge is -2.11. The lowest BCUT2D eigenvalue weighted by Crippen LogP contribution is -2.39. The monoisotopic (exact) mass is 306 g/mol. The number of nitrogens with one attached hydrogen (secondary N) is 2. The maximum Gasteiger partial charge on any atom is 0.315 e. The first-order valence-corrected chi connectivity index (χ1v) is 7.54. The third-order valence-corrected chi connectivity index (χ3v) is 3.70. The predicted octanol–water partition coefficient (Wildman–Crippen LogP) is 2.16. The zero-order chi connectivity index (χ0) is 14.9. The van der Waals surface area contributed by atoms with E-state index in [-0.39, 0.29) is 12.6 Å². The van der Waals surface area contributed by atoms with Crippen molar-refractivity contribution < 1.29 is 14.6 Å². The van der Waals surface area contributed by atoms with Gasteiger partial charge < -0.3 is 20.5 Å². The molecular formula is C15H18N2O3S. The summed E-state index contributed by atoms with van der Waals surface area (Å²) in [6.07, 6.45) is -0.670. The zero-order valence-electron chi connectivity index (χ0n) is 11.5. The number of rotatable bonds is 7. The molecule has 2 amide bonds. The zero-order valence-corrected chi connectivity index (χ0v) is 12.3. The van der Waals surface area contributed by atoms with Crippen molar-refractivity contribution in [2.75, 3.05) is 19.7 Å². The average Bonchev–Trinajstić information content (AvgIpc) is 3.05. The molecule has 6 heteroatoms. The lowest BCUT2D eigenvalue weighted by atomic mass is 10.3. The Morgan fingerprint density at radius 1 is 1.19 bits per heavy atom. The van der Waals surface area contributed by atoms with E-state index in [9.17, 15) is 9.90 Å². The van der Waals surface area contributed by atoms with Crippen molar-refractivity contribution in [3.8, 4) is 5.75 Å². The number of benzene rings is 1. The number of urea groups is 1. The van der Waals surface area contributed by atoms with Crippen molar-refractivity contribution in [1.82, 2.24) is 10.6 Å². The first-order chi connectivity index (χ1) is 10.3. The Balaban J connectivity index is 1.57. The number of amides is 2. The van der Waals surface area contributed by atoms with Crippen molar-refractivity contribution >= 4 is 17.4 Å². The van der Waals surface area contributed by atoms with Crippen LogP contribution in [-0.2, 0) is 0 Å². The fraction of sp³-hybridized carbons (Fsp3) is 0.267. The molecule has 0 aliphatic rings. The van der Waals surface area contributed by atoms with Gasteiger partial charge in [0, 0.05) is 4.88 Å². The average molecular weight is 306 g/mol. The van der Waals surface area contributed by atoms with Crippen molar-refractivity contribution in [2.24, 2.45) is 0 Å². The number of carbonyl (C=O) groups is 1. The lowest BCUT2D eigenvalue weighted by molar-refractivity contribution is 0.176. The summed E-state index contributed by atoms with van der Waals surface area (Å²) in [5, 5.41) is 17.0. The Bertz CT molecular complexity index is 531. The molecule has 1 aromatic heterocycles. The molecule has 21 heavy (non-hydrogen) atoms. The summed E-state index contributed by atoms with van der Waals surface area (Å²) < 4.78 is 5.45. The van der Waals surface area contributed by atoms with E-state index in [4.69, 9.17) is 4.74 Å². The van der Waals surface area contributed by atoms with Crippen molar-refractivity contribution in [3.63, 3.8) is 0 Å². The molecule has 0 aliphatic carbocycles. The van der Waals surface area contributed by atoms with Gasteiger partial charge in [-0.25, -0.2) is 4.79 Å². The number of thiophene rings is 1. The number of hydrogen-bond donors (Lipinski definition) is 3. The Morgan fingerprint density at radius 2 is 2.00 bits per heavy atom. The van der Waals surface area contributed by atoms with Gasteiger partial charge in [-0.15, -0.1) is 11.3 Å². The molecule has 2 rings (SSSR count). The number of ether oxygens (including phenoxy) is 1. The number of para-hydroxylation sites is 1. The quantitative estimate of drug-likeness (QED) is 0.687. The van der Waals surface area contributed by atoms with Crippen molar-refractivity contribution in [3.05, 3.63) is 52.7 Å². The van der Waals surface area contributed by atoms with Crippen LogP contribution in [0.25, 0.3) is 0 Å². The molecule has 0 saturated carbocycles. The highest BCUT2D eigenvalue weighted by atomic mass is 32.1. The Morgan fingerprint density at radius 3 is 2.71 bits per heavy atom. The van der Waals surface area contributed by atoms with Crippen LogP contribution in [0.3, 0.4) is 0 Å². The maximum atomic E-state index is 11.5. The highest BCUT2D eigenvalue weighted by Gasteiger charge is 2.09. The molecule has 3 N–H and O–H groups in total. The molecule has 0 radical (unpaired) electrons. The van der Waals surface area contributed by atoms with Gasteiger partial charge >= 0.3 is 6.03 Å². The smallest absolute Gasteiger partial charge is 0.315 e. The van der Waals surface area contributed by atoms with Crippen LogP contribution in [0.1, 0.15) is 11.0 Å². The molecule has 5 nitrogen and oxygen atoms in total. The number of aliphatic hydroxyl groups is 1. The largest absolute Gasteiger partial charge is 0.492 e. The second-order valence-corrected chi connectivity index (χ2v) is 5.31.